The summed E-state index contributed by atoms with van der Waals surface area (Å²) >= 11 is 1.48. The maximum atomic E-state index is 12.5. The van der Waals surface area contributed by atoms with Crippen LogP contribution in [0, 0.1) is 0 Å². The molecule has 134 valence electrons. The number of amides is 1. The standard InChI is InChI=1S/C22H19N3OS/c1-25(15-16-7-3-2-4-8-16)18-13-11-17(12-14-18)21(26)24-22-23-19-9-5-6-10-20(19)27-22/h2-14H,15H2,1H3,(H,23,24,26). The molecule has 4 rings (SSSR count). The second-order valence-corrected chi connectivity index (χ2v) is 7.36. The zero-order chi connectivity index (χ0) is 18.6. The van der Waals surface area contributed by atoms with E-state index in [0.29, 0.717) is 10.7 Å². The van der Waals surface area contributed by atoms with E-state index in [1.807, 2.05) is 73.8 Å². The quantitative estimate of drug-likeness (QED) is 0.524. The van der Waals surface area contributed by atoms with Crippen LogP contribution in [-0.2, 0) is 6.54 Å². The summed E-state index contributed by atoms with van der Waals surface area (Å²) in [5, 5.41) is 3.51. The van der Waals surface area contributed by atoms with Crippen LogP contribution in [0.2, 0.25) is 0 Å². The summed E-state index contributed by atoms with van der Waals surface area (Å²) < 4.78 is 1.06. The van der Waals surface area contributed by atoms with Crippen molar-refractivity contribution in [2.75, 3.05) is 17.3 Å². The zero-order valence-corrected chi connectivity index (χ0v) is 15.7. The number of hydrogen-bond acceptors (Lipinski definition) is 4. The van der Waals surface area contributed by atoms with Crippen LogP contribution in [0.25, 0.3) is 10.2 Å². The van der Waals surface area contributed by atoms with E-state index in [1.165, 1.54) is 16.9 Å². The van der Waals surface area contributed by atoms with Gasteiger partial charge in [-0.05, 0) is 42.0 Å². The van der Waals surface area contributed by atoms with Crippen molar-refractivity contribution in [1.82, 2.24) is 4.98 Å². The van der Waals surface area contributed by atoms with Gasteiger partial charge in [-0.2, -0.15) is 0 Å². The lowest BCUT2D eigenvalue weighted by Crippen LogP contribution is -2.17. The smallest absolute Gasteiger partial charge is 0.257 e. The number of thiazole rings is 1. The number of hydrogen-bond donors (Lipinski definition) is 1. The fourth-order valence-electron chi connectivity index (χ4n) is 2.91. The van der Waals surface area contributed by atoms with Crippen molar-refractivity contribution in [3.05, 3.63) is 90.0 Å². The molecule has 0 radical (unpaired) electrons. The summed E-state index contributed by atoms with van der Waals surface area (Å²) in [7, 11) is 2.04. The van der Waals surface area contributed by atoms with Gasteiger partial charge in [0.1, 0.15) is 0 Å². The fraction of sp³-hybridized carbons (Fsp3) is 0.0909. The first-order chi connectivity index (χ1) is 13.2. The van der Waals surface area contributed by atoms with Gasteiger partial charge in [0.05, 0.1) is 10.2 Å². The summed E-state index contributed by atoms with van der Waals surface area (Å²) in [5.74, 6) is -0.147. The van der Waals surface area contributed by atoms with Crippen molar-refractivity contribution in [2.45, 2.75) is 6.54 Å². The topological polar surface area (TPSA) is 45.2 Å². The SMILES string of the molecule is CN(Cc1ccccc1)c1ccc(C(=O)Nc2nc3ccccc3s2)cc1. The van der Waals surface area contributed by atoms with Crippen LogP contribution in [0.15, 0.2) is 78.9 Å². The second kappa shape index (κ2) is 7.60. The summed E-state index contributed by atoms with van der Waals surface area (Å²) in [6, 6.07) is 25.8. The predicted octanol–water partition coefficient (Wildman–Crippen LogP) is 5.19. The Kier molecular flexibility index (Phi) is 4.85. The van der Waals surface area contributed by atoms with Crippen LogP contribution in [-0.4, -0.2) is 17.9 Å². The molecule has 0 unspecified atom stereocenters. The van der Waals surface area contributed by atoms with Crippen LogP contribution >= 0.6 is 11.3 Å². The number of rotatable bonds is 5. The molecule has 1 aromatic heterocycles. The molecule has 5 heteroatoms. The molecule has 3 aromatic carbocycles. The number of para-hydroxylation sites is 1. The highest BCUT2D eigenvalue weighted by atomic mass is 32.1. The average Bonchev–Trinajstić information content (AvgIpc) is 3.11. The Hall–Kier alpha value is -3.18. The molecule has 0 saturated heterocycles. The number of anilines is 2. The van der Waals surface area contributed by atoms with Gasteiger partial charge in [-0.1, -0.05) is 53.8 Å². The lowest BCUT2D eigenvalue weighted by atomic mass is 10.1. The zero-order valence-electron chi connectivity index (χ0n) is 14.9. The molecule has 0 atom stereocenters. The Labute approximate surface area is 162 Å². The van der Waals surface area contributed by atoms with Crippen LogP contribution in [0.4, 0.5) is 10.8 Å². The molecule has 4 nitrogen and oxygen atoms in total. The van der Waals surface area contributed by atoms with Crippen molar-refractivity contribution in [3.8, 4) is 0 Å². The minimum atomic E-state index is -0.147. The lowest BCUT2D eigenvalue weighted by Gasteiger charge is -2.19. The van der Waals surface area contributed by atoms with Crippen molar-refractivity contribution in [1.29, 1.82) is 0 Å². The van der Waals surface area contributed by atoms with Gasteiger partial charge in [-0.15, -0.1) is 0 Å². The van der Waals surface area contributed by atoms with Crippen LogP contribution in [0.5, 0.6) is 0 Å². The fourth-order valence-corrected chi connectivity index (χ4v) is 3.77. The largest absolute Gasteiger partial charge is 0.370 e. The van der Waals surface area contributed by atoms with E-state index in [1.54, 1.807) is 0 Å². The van der Waals surface area contributed by atoms with Gasteiger partial charge in [-0.3, -0.25) is 10.1 Å². The van der Waals surface area contributed by atoms with Crippen molar-refractivity contribution in [2.24, 2.45) is 0 Å². The minimum absolute atomic E-state index is 0.147. The van der Waals surface area contributed by atoms with Gasteiger partial charge < -0.3 is 4.90 Å². The minimum Gasteiger partial charge on any atom is -0.370 e. The third-order valence-electron chi connectivity index (χ3n) is 4.35. The number of carbonyl (C=O) groups is 1. The first kappa shape index (κ1) is 17.2. The van der Waals surface area contributed by atoms with Crippen molar-refractivity contribution >= 4 is 38.3 Å². The highest BCUT2D eigenvalue weighted by Gasteiger charge is 2.10. The molecule has 1 amide bonds. The summed E-state index contributed by atoms with van der Waals surface area (Å²) in [6.07, 6.45) is 0. The molecule has 1 N–H and O–H groups in total. The van der Waals surface area contributed by atoms with Crippen molar-refractivity contribution < 1.29 is 4.79 Å². The van der Waals surface area contributed by atoms with E-state index >= 15 is 0 Å². The van der Waals surface area contributed by atoms with E-state index in [0.717, 1.165) is 22.4 Å². The lowest BCUT2D eigenvalue weighted by molar-refractivity contribution is 0.102. The Morgan fingerprint density at radius 2 is 1.67 bits per heavy atom. The maximum Gasteiger partial charge on any atom is 0.257 e. The monoisotopic (exact) mass is 373 g/mol. The summed E-state index contributed by atoms with van der Waals surface area (Å²) in [4.78, 5) is 19.1. The molecular formula is C22H19N3OS. The highest BCUT2D eigenvalue weighted by Crippen LogP contribution is 2.26. The van der Waals surface area contributed by atoms with Gasteiger partial charge in [-0.25, -0.2) is 4.98 Å². The van der Waals surface area contributed by atoms with E-state index in [-0.39, 0.29) is 5.91 Å². The molecule has 4 aromatic rings. The van der Waals surface area contributed by atoms with Gasteiger partial charge >= 0.3 is 0 Å². The van der Waals surface area contributed by atoms with Crippen LogP contribution in [0.1, 0.15) is 15.9 Å². The van der Waals surface area contributed by atoms with E-state index in [2.05, 4.69) is 27.3 Å². The Bertz CT molecular complexity index is 1020. The molecule has 0 bridgehead atoms. The number of aromatic nitrogens is 1. The maximum absolute atomic E-state index is 12.5. The number of carbonyl (C=O) groups excluding carboxylic acids is 1. The Balaban J connectivity index is 1.44. The number of benzene rings is 3. The Morgan fingerprint density at radius 3 is 2.41 bits per heavy atom. The second-order valence-electron chi connectivity index (χ2n) is 6.33. The highest BCUT2D eigenvalue weighted by molar-refractivity contribution is 7.22. The third kappa shape index (κ3) is 3.99. The number of nitrogens with zero attached hydrogens (tertiary/aromatic N) is 2. The van der Waals surface area contributed by atoms with Gasteiger partial charge in [0, 0.05) is 24.8 Å². The van der Waals surface area contributed by atoms with E-state index in [4.69, 9.17) is 0 Å². The molecular weight excluding hydrogens is 354 g/mol. The predicted molar refractivity (Wildman–Crippen MR) is 113 cm³/mol. The molecule has 0 aliphatic carbocycles. The third-order valence-corrected chi connectivity index (χ3v) is 5.30. The van der Waals surface area contributed by atoms with Gasteiger partial charge in [0.2, 0.25) is 0 Å². The molecule has 0 fully saturated rings. The first-order valence-corrected chi connectivity index (χ1v) is 9.53. The Morgan fingerprint density at radius 1 is 0.963 bits per heavy atom. The molecule has 27 heavy (non-hydrogen) atoms. The van der Waals surface area contributed by atoms with E-state index < -0.39 is 0 Å². The summed E-state index contributed by atoms with van der Waals surface area (Å²) in [5.41, 5.74) is 3.83. The van der Waals surface area contributed by atoms with Crippen LogP contribution in [0.3, 0.4) is 0 Å². The molecule has 0 aliphatic rings. The molecule has 1 heterocycles. The molecule has 0 saturated carbocycles. The van der Waals surface area contributed by atoms with Gasteiger partial charge in [0.25, 0.3) is 5.91 Å². The summed E-state index contributed by atoms with van der Waals surface area (Å²) in [6.45, 7) is 0.818. The molecule has 0 spiro atoms. The first-order valence-electron chi connectivity index (χ1n) is 8.71. The molecule has 0 aliphatic heterocycles. The van der Waals surface area contributed by atoms with Crippen molar-refractivity contribution in [3.63, 3.8) is 0 Å². The number of nitrogens with one attached hydrogen (secondary N) is 1. The number of fused-ring (bicyclic) bond motifs is 1. The van der Waals surface area contributed by atoms with E-state index in [9.17, 15) is 4.79 Å². The normalized spacial score (nSPS) is 10.7. The van der Waals surface area contributed by atoms with Crippen LogP contribution < -0.4 is 10.2 Å². The van der Waals surface area contributed by atoms with Gasteiger partial charge in [0.15, 0.2) is 5.13 Å². The average molecular weight is 373 g/mol.